The predicted octanol–water partition coefficient (Wildman–Crippen LogP) is 4.31. The quantitative estimate of drug-likeness (QED) is 0.639. The van der Waals surface area contributed by atoms with Crippen LogP contribution in [0.2, 0.25) is 0 Å². The molecule has 0 unspecified atom stereocenters. The number of hydrogen-bond donors (Lipinski definition) is 0. The highest BCUT2D eigenvalue weighted by molar-refractivity contribution is 5.70. The van der Waals surface area contributed by atoms with Crippen molar-refractivity contribution in [3.63, 3.8) is 0 Å². The second kappa shape index (κ2) is 7.59. The van der Waals surface area contributed by atoms with Gasteiger partial charge in [0, 0.05) is 12.5 Å². The molecule has 4 rings (SSSR count). The normalized spacial score (nSPS) is 19.7. The molecule has 1 aliphatic rings. The van der Waals surface area contributed by atoms with Crippen molar-refractivity contribution in [2.75, 3.05) is 0 Å². The molecule has 0 aliphatic heterocycles. The minimum absolute atomic E-state index is 0.0164. The van der Waals surface area contributed by atoms with E-state index >= 15 is 0 Å². The van der Waals surface area contributed by atoms with Gasteiger partial charge in [-0.25, -0.2) is 9.97 Å². The Morgan fingerprint density at radius 3 is 2.40 bits per heavy atom. The Balaban J connectivity index is 1.84. The van der Waals surface area contributed by atoms with Crippen LogP contribution >= 0.6 is 0 Å². The average molecular weight is 415 g/mol. The number of aromatic nitrogens is 4. The molecule has 156 valence electrons. The lowest BCUT2D eigenvalue weighted by atomic mass is 9.81. The van der Waals surface area contributed by atoms with Crippen LogP contribution in [0.15, 0.2) is 35.4 Å². The van der Waals surface area contributed by atoms with Crippen LogP contribution in [0.3, 0.4) is 0 Å². The SMILES string of the molecule is CCn1cnc2c(=O)n(-c3ccc(C#N)cc3)c(C3CCC(C(F)(F)F)CC3)nc21. The third kappa shape index (κ3) is 3.47. The molecule has 2 aromatic heterocycles. The van der Waals surface area contributed by atoms with Crippen LogP contribution in [0.25, 0.3) is 16.9 Å². The summed E-state index contributed by atoms with van der Waals surface area (Å²) in [5.74, 6) is -1.13. The third-order valence-electron chi connectivity index (χ3n) is 5.82. The number of imidazole rings is 1. The third-order valence-corrected chi connectivity index (χ3v) is 5.82. The van der Waals surface area contributed by atoms with Crippen LogP contribution in [-0.4, -0.2) is 25.3 Å². The molecule has 0 radical (unpaired) electrons. The summed E-state index contributed by atoms with van der Waals surface area (Å²) in [6.07, 6.45) is -2.01. The number of hydrogen-bond acceptors (Lipinski definition) is 4. The van der Waals surface area contributed by atoms with Gasteiger partial charge in [0.25, 0.3) is 5.56 Å². The molecule has 1 aromatic carbocycles. The Bertz CT molecular complexity index is 1160. The van der Waals surface area contributed by atoms with Crippen LogP contribution in [0.1, 0.15) is 49.9 Å². The molecule has 1 saturated carbocycles. The van der Waals surface area contributed by atoms with Gasteiger partial charge in [-0.2, -0.15) is 18.4 Å². The van der Waals surface area contributed by atoms with Gasteiger partial charge in [0.2, 0.25) is 0 Å². The molecule has 3 aromatic rings. The summed E-state index contributed by atoms with van der Waals surface area (Å²) >= 11 is 0. The van der Waals surface area contributed by atoms with E-state index in [4.69, 9.17) is 10.2 Å². The summed E-state index contributed by atoms with van der Waals surface area (Å²) in [5.41, 5.74) is 1.27. The zero-order valence-corrected chi connectivity index (χ0v) is 16.4. The number of alkyl halides is 3. The number of benzene rings is 1. The molecule has 0 amide bonds. The predicted molar refractivity (Wildman–Crippen MR) is 104 cm³/mol. The molecule has 0 N–H and O–H groups in total. The van der Waals surface area contributed by atoms with Gasteiger partial charge in [0.05, 0.1) is 29.6 Å². The first-order valence-corrected chi connectivity index (χ1v) is 9.88. The fraction of sp³-hybridized carbons (Fsp3) is 0.429. The van der Waals surface area contributed by atoms with Crippen LogP contribution in [0, 0.1) is 17.2 Å². The van der Waals surface area contributed by atoms with Gasteiger partial charge in [0.1, 0.15) is 5.82 Å². The van der Waals surface area contributed by atoms with E-state index in [1.807, 2.05) is 13.0 Å². The maximum absolute atomic E-state index is 13.3. The van der Waals surface area contributed by atoms with Gasteiger partial charge in [-0.3, -0.25) is 9.36 Å². The monoisotopic (exact) mass is 415 g/mol. The maximum Gasteiger partial charge on any atom is 0.391 e. The highest BCUT2D eigenvalue weighted by atomic mass is 19.4. The fourth-order valence-corrected chi connectivity index (χ4v) is 4.13. The van der Waals surface area contributed by atoms with Crippen molar-refractivity contribution < 1.29 is 13.2 Å². The molecule has 1 aliphatic carbocycles. The number of nitrogens with zero attached hydrogens (tertiary/aromatic N) is 5. The molecule has 9 heteroatoms. The molecule has 2 heterocycles. The lowest BCUT2D eigenvalue weighted by molar-refractivity contribution is -0.182. The number of nitriles is 1. The molecule has 30 heavy (non-hydrogen) atoms. The first kappa shape index (κ1) is 20.1. The average Bonchev–Trinajstić information content (AvgIpc) is 3.17. The van der Waals surface area contributed by atoms with E-state index in [0.29, 0.717) is 42.1 Å². The first-order valence-electron chi connectivity index (χ1n) is 9.88. The van der Waals surface area contributed by atoms with E-state index in [-0.39, 0.29) is 29.8 Å². The van der Waals surface area contributed by atoms with E-state index in [0.717, 1.165) is 0 Å². The molecule has 6 nitrogen and oxygen atoms in total. The van der Waals surface area contributed by atoms with Crippen molar-refractivity contribution in [3.05, 3.63) is 52.3 Å². The lowest BCUT2D eigenvalue weighted by Crippen LogP contribution is -2.31. The van der Waals surface area contributed by atoms with Crippen molar-refractivity contribution in [1.82, 2.24) is 19.1 Å². The highest BCUT2D eigenvalue weighted by Gasteiger charge is 2.42. The van der Waals surface area contributed by atoms with Gasteiger partial charge in [-0.1, -0.05) is 0 Å². The summed E-state index contributed by atoms with van der Waals surface area (Å²) < 4.78 is 42.5. The van der Waals surface area contributed by atoms with Crippen molar-refractivity contribution in [1.29, 1.82) is 5.26 Å². The lowest BCUT2D eigenvalue weighted by Gasteiger charge is -2.30. The van der Waals surface area contributed by atoms with Gasteiger partial charge in [-0.05, 0) is 56.9 Å². The van der Waals surface area contributed by atoms with Crippen LogP contribution in [0.5, 0.6) is 0 Å². The summed E-state index contributed by atoms with van der Waals surface area (Å²) in [4.78, 5) is 22.2. The second-order valence-corrected chi connectivity index (χ2v) is 7.56. The molecule has 0 spiro atoms. The molecule has 0 saturated heterocycles. The van der Waals surface area contributed by atoms with Crippen molar-refractivity contribution >= 4 is 11.2 Å². The van der Waals surface area contributed by atoms with Crippen molar-refractivity contribution in [2.24, 2.45) is 5.92 Å². The summed E-state index contributed by atoms with van der Waals surface area (Å²) in [6, 6.07) is 8.52. The standard InChI is InChI=1S/C21H20F3N5O/c1-2-28-12-26-17-19(28)27-18(14-5-7-15(8-6-14)21(22,23)24)29(20(17)30)16-9-3-13(11-25)4-10-16/h3-4,9-10,12,14-15H,2,5-8H2,1H3. The minimum atomic E-state index is -4.20. The summed E-state index contributed by atoms with van der Waals surface area (Å²) in [5, 5.41) is 9.04. The molecular formula is C21H20F3N5O. The van der Waals surface area contributed by atoms with E-state index in [1.54, 1.807) is 35.2 Å². The Morgan fingerprint density at radius 1 is 1.17 bits per heavy atom. The van der Waals surface area contributed by atoms with E-state index in [2.05, 4.69) is 4.98 Å². The first-order chi connectivity index (χ1) is 14.3. The molecule has 0 bridgehead atoms. The zero-order chi connectivity index (χ0) is 21.5. The Labute approximate surface area is 170 Å². The number of aryl methyl sites for hydroxylation is 1. The van der Waals surface area contributed by atoms with E-state index in [1.165, 1.54) is 4.57 Å². The topological polar surface area (TPSA) is 76.5 Å². The van der Waals surface area contributed by atoms with Crippen LogP contribution in [0.4, 0.5) is 13.2 Å². The fourth-order valence-electron chi connectivity index (χ4n) is 4.13. The number of fused-ring (bicyclic) bond motifs is 1. The number of halogens is 3. The Kier molecular flexibility index (Phi) is 5.10. The van der Waals surface area contributed by atoms with E-state index < -0.39 is 12.1 Å². The maximum atomic E-state index is 13.3. The number of rotatable bonds is 3. The van der Waals surface area contributed by atoms with Gasteiger partial charge < -0.3 is 4.57 Å². The zero-order valence-electron chi connectivity index (χ0n) is 16.4. The summed E-state index contributed by atoms with van der Waals surface area (Å²) in [7, 11) is 0. The molecule has 0 atom stereocenters. The molecular weight excluding hydrogens is 395 g/mol. The smallest absolute Gasteiger partial charge is 0.315 e. The highest BCUT2D eigenvalue weighted by Crippen LogP contribution is 2.42. The van der Waals surface area contributed by atoms with Crippen LogP contribution < -0.4 is 5.56 Å². The van der Waals surface area contributed by atoms with Crippen molar-refractivity contribution in [2.45, 2.75) is 51.2 Å². The molecule has 1 fully saturated rings. The Hall–Kier alpha value is -3.15. The minimum Gasteiger partial charge on any atom is -0.315 e. The van der Waals surface area contributed by atoms with Gasteiger partial charge in [-0.15, -0.1) is 0 Å². The van der Waals surface area contributed by atoms with Crippen molar-refractivity contribution in [3.8, 4) is 11.8 Å². The van der Waals surface area contributed by atoms with E-state index in [9.17, 15) is 18.0 Å². The Morgan fingerprint density at radius 2 is 1.83 bits per heavy atom. The largest absolute Gasteiger partial charge is 0.391 e. The van der Waals surface area contributed by atoms with Gasteiger partial charge in [0.15, 0.2) is 11.2 Å². The van der Waals surface area contributed by atoms with Crippen LogP contribution in [-0.2, 0) is 6.54 Å². The summed E-state index contributed by atoms with van der Waals surface area (Å²) in [6.45, 7) is 2.48. The van der Waals surface area contributed by atoms with Gasteiger partial charge >= 0.3 is 6.18 Å². The second-order valence-electron chi connectivity index (χ2n) is 7.56.